The van der Waals surface area contributed by atoms with Crippen LogP contribution in [0.25, 0.3) is 21.8 Å². The number of fused-ring (bicyclic) bond motifs is 2. The summed E-state index contributed by atoms with van der Waals surface area (Å²) in [5, 5.41) is 2.06. The van der Waals surface area contributed by atoms with Crippen molar-refractivity contribution in [3.63, 3.8) is 0 Å². The summed E-state index contributed by atoms with van der Waals surface area (Å²) in [6, 6.07) is 13.9. The summed E-state index contributed by atoms with van der Waals surface area (Å²) in [4.78, 5) is 4.63. The Bertz CT molecular complexity index is 722. The second-order valence-electron chi connectivity index (χ2n) is 4.05. The van der Waals surface area contributed by atoms with E-state index >= 15 is 0 Å². The molecule has 0 spiro atoms. The zero-order chi connectivity index (χ0) is 12.5. The fraction of sp³-hybridized carbons (Fsp3) is 0.133. The first-order chi connectivity index (χ1) is 8.83. The monoisotopic (exact) mass is 239 g/mol. The van der Waals surface area contributed by atoms with Crippen molar-refractivity contribution in [3.05, 3.63) is 42.5 Å². The Morgan fingerprint density at radius 3 is 2.50 bits per heavy atom. The SMILES string of the molecule is COc1ccc2nc3ccccc3cc2c1OC. The van der Waals surface area contributed by atoms with Crippen molar-refractivity contribution < 1.29 is 9.47 Å². The summed E-state index contributed by atoms with van der Waals surface area (Å²) in [7, 11) is 3.28. The minimum absolute atomic E-state index is 0.724. The summed E-state index contributed by atoms with van der Waals surface area (Å²) >= 11 is 0. The lowest BCUT2D eigenvalue weighted by Gasteiger charge is -2.10. The predicted octanol–water partition coefficient (Wildman–Crippen LogP) is 3.41. The third-order valence-corrected chi connectivity index (χ3v) is 3.04. The molecule has 0 aliphatic carbocycles. The Morgan fingerprint density at radius 2 is 1.72 bits per heavy atom. The van der Waals surface area contributed by atoms with Crippen molar-refractivity contribution in [3.8, 4) is 11.5 Å². The van der Waals surface area contributed by atoms with E-state index in [0.29, 0.717) is 0 Å². The molecule has 0 aliphatic rings. The van der Waals surface area contributed by atoms with Gasteiger partial charge >= 0.3 is 0 Å². The second-order valence-corrected chi connectivity index (χ2v) is 4.05. The highest BCUT2D eigenvalue weighted by Crippen LogP contribution is 2.35. The van der Waals surface area contributed by atoms with Gasteiger partial charge in [-0.25, -0.2) is 4.98 Å². The molecule has 0 amide bonds. The highest BCUT2D eigenvalue weighted by atomic mass is 16.5. The number of ether oxygens (including phenoxy) is 2. The number of methoxy groups -OCH3 is 2. The van der Waals surface area contributed by atoms with Crippen molar-refractivity contribution in [1.82, 2.24) is 4.98 Å². The van der Waals surface area contributed by atoms with Crippen molar-refractivity contribution >= 4 is 21.8 Å². The van der Waals surface area contributed by atoms with Gasteiger partial charge in [0.25, 0.3) is 0 Å². The van der Waals surface area contributed by atoms with Gasteiger partial charge in [-0.3, -0.25) is 0 Å². The van der Waals surface area contributed by atoms with Gasteiger partial charge in [0.05, 0.1) is 25.3 Å². The maximum absolute atomic E-state index is 5.43. The number of nitrogens with zero attached hydrogens (tertiary/aromatic N) is 1. The van der Waals surface area contributed by atoms with Gasteiger partial charge in [-0.15, -0.1) is 0 Å². The number of rotatable bonds is 2. The van der Waals surface area contributed by atoms with Crippen molar-refractivity contribution in [2.45, 2.75) is 0 Å². The second kappa shape index (κ2) is 4.18. The van der Waals surface area contributed by atoms with Crippen LogP contribution in [0.3, 0.4) is 0 Å². The lowest BCUT2D eigenvalue weighted by atomic mass is 10.1. The average molecular weight is 239 g/mol. The molecule has 3 aromatic rings. The summed E-state index contributed by atoms with van der Waals surface area (Å²) in [6.45, 7) is 0. The molecule has 0 aliphatic heterocycles. The largest absolute Gasteiger partial charge is 0.493 e. The Balaban J connectivity index is 2.42. The molecule has 3 nitrogen and oxygen atoms in total. The number of hydrogen-bond donors (Lipinski definition) is 0. The Hall–Kier alpha value is -2.29. The minimum atomic E-state index is 0.724. The van der Waals surface area contributed by atoms with Crippen LogP contribution in [0.5, 0.6) is 11.5 Å². The van der Waals surface area contributed by atoms with E-state index in [1.54, 1.807) is 14.2 Å². The third kappa shape index (κ3) is 1.56. The topological polar surface area (TPSA) is 31.4 Å². The molecule has 0 bridgehead atoms. The highest BCUT2D eigenvalue weighted by molar-refractivity contribution is 5.97. The molecule has 2 aromatic carbocycles. The van der Waals surface area contributed by atoms with Gasteiger partial charge in [0.1, 0.15) is 0 Å². The smallest absolute Gasteiger partial charge is 0.170 e. The molecule has 0 unspecified atom stereocenters. The van der Waals surface area contributed by atoms with E-state index in [-0.39, 0.29) is 0 Å². The first-order valence-electron chi connectivity index (χ1n) is 5.74. The standard InChI is InChI=1S/C15H13NO2/c1-17-14-8-7-13-11(15(14)18-2)9-10-5-3-4-6-12(10)16-13/h3-9H,1-2H3. The molecular formula is C15H13NO2. The van der Waals surface area contributed by atoms with Crippen LogP contribution in [-0.2, 0) is 0 Å². The van der Waals surface area contributed by atoms with E-state index in [9.17, 15) is 0 Å². The van der Waals surface area contributed by atoms with Crippen LogP contribution in [0, 0.1) is 0 Å². The number of hydrogen-bond acceptors (Lipinski definition) is 3. The van der Waals surface area contributed by atoms with Gasteiger partial charge in [0, 0.05) is 10.8 Å². The molecular weight excluding hydrogens is 226 g/mol. The summed E-state index contributed by atoms with van der Waals surface area (Å²) < 4.78 is 10.7. The molecule has 0 radical (unpaired) electrons. The van der Waals surface area contributed by atoms with Crippen LogP contribution in [-0.4, -0.2) is 19.2 Å². The van der Waals surface area contributed by atoms with Crippen LogP contribution in [0.15, 0.2) is 42.5 Å². The van der Waals surface area contributed by atoms with Gasteiger partial charge in [-0.1, -0.05) is 18.2 Å². The summed E-state index contributed by atoms with van der Waals surface area (Å²) in [5.41, 5.74) is 1.89. The molecule has 3 heteroatoms. The van der Waals surface area contributed by atoms with Gasteiger partial charge in [0.15, 0.2) is 11.5 Å². The first-order valence-corrected chi connectivity index (χ1v) is 5.74. The lowest BCUT2D eigenvalue weighted by molar-refractivity contribution is 0.358. The zero-order valence-electron chi connectivity index (χ0n) is 10.3. The van der Waals surface area contributed by atoms with Crippen LogP contribution in [0.4, 0.5) is 0 Å². The highest BCUT2D eigenvalue weighted by Gasteiger charge is 2.10. The first kappa shape index (κ1) is 10.8. The molecule has 18 heavy (non-hydrogen) atoms. The average Bonchev–Trinajstić information content (AvgIpc) is 2.43. The molecule has 3 rings (SSSR count). The fourth-order valence-electron chi connectivity index (χ4n) is 2.17. The Morgan fingerprint density at radius 1 is 0.889 bits per heavy atom. The Kier molecular flexibility index (Phi) is 2.52. The van der Waals surface area contributed by atoms with Gasteiger partial charge in [0.2, 0.25) is 0 Å². The van der Waals surface area contributed by atoms with Crippen LogP contribution < -0.4 is 9.47 Å². The van der Waals surface area contributed by atoms with Crippen LogP contribution in [0.1, 0.15) is 0 Å². The van der Waals surface area contributed by atoms with E-state index in [1.165, 1.54) is 0 Å². The maximum atomic E-state index is 5.43. The van der Waals surface area contributed by atoms with E-state index < -0.39 is 0 Å². The van der Waals surface area contributed by atoms with Crippen molar-refractivity contribution in [2.24, 2.45) is 0 Å². The van der Waals surface area contributed by atoms with E-state index in [4.69, 9.17) is 9.47 Å². The van der Waals surface area contributed by atoms with Gasteiger partial charge in [-0.2, -0.15) is 0 Å². The van der Waals surface area contributed by atoms with E-state index in [2.05, 4.69) is 11.1 Å². The van der Waals surface area contributed by atoms with E-state index in [1.807, 2.05) is 36.4 Å². The summed E-state index contributed by atoms with van der Waals surface area (Å²) in [6.07, 6.45) is 0. The third-order valence-electron chi connectivity index (χ3n) is 3.04. The van der Waals surface area contributed by atoms with Crippen LogP contribution in [0.2, 0.25) is 0 Å². The lowest BCUT2D eigenvalue weighted by Crippen LogP contribution is -1.92. The van der Waals surface area contributed by atoms with Gasteiger partial charge < -0.3 is 9.47 Å². The molecule has 0 atom stereocenters. The number of para-hydroxylation sites is 1. The van der Waals surface area contributed by atoms with Crippen molar-refractivity contribution in [2.75, 3.05) is 14.2 Å². The fourth-order valence-corrected chi connectivity index (χ4v) is 2.17. The zero-order valence-corrected chi connectivity index (χ0v) is 10.3. The molecule has 1 aromatic heterocycles. The minimum Gasteiger partial charge on any atom is -0.493 e. The number of benzene rings is 2. The predicted molar refractivity (Wildman–Crippen MR) is 72.4 cm³/mol. The van der Waals surface area contributed by atoms with Crippen LogP contribution >= 0.6 is 0 Å². The van der Waals surface area contributed by atoms with E-state index in [0.717, 1.165) is 33.3 Å². The molecule has 0 saturated heterocycles. The molecule has 90 valence electrons. The molecule has 1 heterocycles. The number of pyridine rings is 1. The van der Waals surface area contributed by atoms with Crippen molar-refractivity contribution in [1.29, 1.82) is 0 Å². The molecule has 0 N–H and O–H groups in total. The number of aromatic nitrogens is 1. The molecule has 0 fully saturated rings. The van der Waals surface area contributed by atoms with Gasteiger partial charge in [-0.05, 0) is 24.3 Å². The molecule has 0 saturated carbocycles. The normalized spacial score (nSPS) is 10.8. The Labute approximate surface area is 105 Å². The quantitative estimate of drug-likeness (QED) is 0.642. The maximum Gasteiger partial charge on any atom is 0.170 e. The summed E-state index contributed by atoms with van der Waals surface area (Å²) in [5.74, 6) is 1.45.